The van der Waals surface area contributed by atoms with Gasteiger partial charge in [0.05, 0.1) is 6.61 Å². The van der Waals surface area contributed by atoms with Crippen molar-refractivity contribution < 1.29 is 4.74 Å². The molecule has 0 saturated carbocycles. The molecule has 1 aliphatic rings. The molecule has 106 valence electrons. The predicted octanol–water partition coefficient (Wildman–Crippen LogP) is 2.70. The van der Waals surface area contributed by atoms with Crippen molar-refractivity contribution in [3.63, 3.8) is 0 Å². The van der Waals surface area contributed by atoms with Gasteiger partial charge in [0.2, 0.25) is 0 Å². The number of halogens is 1. The van der Waals surface area contributed by atoms with Gasteiger partial charge in [-0.15, -0.1) is 0 Å². The summed E-state index contributed by atoms with van der Waals surface area (Å²) >= 11 is 6.05. The monoisotopic (exact) mass is 282 g/mol. The number of benzene rings is 1. The second-order valence-corrected chi connectivity index (χ2v) is 5.89. The highest BCUT2D eigenvalue weighted by molar-refractivity contribution is 6.30. The first-order valence-corrected chi connectivity index (χ1v) is 7.24. The minimum Gasteiger partial charge on any atom is -0.381 e. The van der Waals surface area contributed by atoms with Crippen molar-refractivity contribution in [2.75, 3.05) is 26.8 Å². The molecule has 1 saturated heterocycles. The predicted molar refractivity (Wildman–Crippen MR) is 79.4 cm³/mol. The van der Waals surface area contributed by atoms with Crippen LogP contribution in [0.15, 0.2) is 24.3 Å². The molecule has 3 nitrogen and oxygen atoms in total. The molecule has 1 heterocycles. The molecule has 1 fully saturated rings. The Bertz CT molecular complexity index is 413. The van der Waals surface area contributed by atoms with E-state index in [1.54, 1.807) is 0 Å². The molecule has 0 radical (unpaired) electrons. The highest BCUT2D eigenvalue weighted by Gasteiger charge is 2.25. The molecule has 1 aromatic rings. The van der Waals surface area contributed by atoms with Gasteiger partial charge in [-0.25, -0.2) is 0 Å². The van der Waals surface area contributed by atoms with E-state index in [9.17, 15) is 0 Å². The largest absolute Gasteiger partial charge is 0.381 e. The fourth-order valence-corrected chi connectivity index (χ4v) is 2.75. The van der Waals surface area contributed by atoms with Crippen LogP contribution in [0.25, 0.3) is 0 Å². The van der Waals surface area contributed by atoms with Crippen molar-refractivity contribution in [1.29, 1.82) is 0 Å². The van der Waals surface area contributed by atoms with Gasteiger partial charge < -0.3 is 10.5 Å². The molecule has 1 aromatic carbocycles. The zero-order valence-electron chi connectivity index (χ0n) is 11.7. The molecule has 3 unspecified atom stereocenters. The Kier molecular flexibility index (Phi) is 5.22. The second kappa shape index (κ2) is 6.71. The Morgan fingerprint density at radius 1 is 1.53 bits per heavy atom. The lowest BCUT2D eigenvalue weighted by Gasteiger charge is -2.34. The summed E-state index contributed by atoms with van der Waals surface area (Å²) < 4.78 is 5.53. The molecule has 0 amide bonds. The van der Waals surface area contributed by atoms with Crippen LogP contribution in [0, 0.1) is 5.92 Å². The van der Waals surface area contributed by atoms with Crippen molar-refractivity contribution in [1.82, 2.24) is 4.90 Å². The summed E-state index contributed by atoms with van der Waals surface area (Å²) in [6, 6.07) is 8.63. The minimum absolute atomic E-state index is 0.253. The summed E-state index contributed by atoms with van der Waals surface area (Å²) in [4.78, 5) is 2.32. The molecular formula is C15H23ClN2O. The van der Waals surface area contributed by atoms with E-state index in [2.05, 4.69) is 24.9 Å². The zero-order valence-corrected chi connectivity index (χ0v) is 12.4. The molecule has 2 N–H and O–H groups in total. The van der Waals surface area contributed by atoms with E-state index in [1.807, 2.05) is 18.2 Å². The Morgan fingerprint density at radius 3 is 3.00 bits per heavy atom. The van der Waals surface area contributed by atoms with Crippen LogP contribution in [-0.4, -0.2) is 37.7 Å². The minimum atomic E-state index is 0.253. The Hall–Kier alpha value is -0.610. The normalized spacial score (nSPS) is 25.5. The fraction of sp³-hybridized carbons (Fsp3) is 0.600. The third kappa shape index (κ3) is 3.93. The molecule has 0 spiro atoms. The third-order valence-corrected chi connectivity index (χ3v) is 4.28. The summed E-state index contributed by atoms with van der Waals surface area (Å²) in [6.45, 7) is 4.72. The van der Waals surface area contributed by atoms with Crippen molar-refractivity contribution in [2.24, 2.45) is 11.7 Å². The number of nitrogens with two attached hydrogens (primary N) is 1. The third-order valence-electron chi connectivity index (χ3n) is 4.05. The lowest BCUT2D eigenvalue weighted by molar-refractivity contribution is 0.0248. The van der Waals surface area contributed by atoms with Crippen LogP contribution >= 0.6 is 11.6 Å². The lowest BCUT2D eigenvalue weighted by Crippen LogP contribution is -2.44. The highest BCUT2D eigenvalue weighted by Crippen LogP contribution is 2.24. The Morgan fingerprint density at radius 2 is 2.32 bits per heavy atom. The van der Waals surface area contributed by atoms with E-state index in [1.165, 1.54) is 5.56 Å². The maximum atomic E-state index is 6.16. The summed E-state index contributed by atoms with van der Waals surface area (Å²) in [5, 5.41) is 0.787. The van der Waals surface area contributed by atoms with Crippen LogP contribution in [0.4, 0.5) is 0 Å². The first-order valence-electron chi connectivity index (χ1n) is 6.87. The molecule has 4 heteroatoms. The van der Waals surface area contributed by atoms with E-state index in [-0.39, 0.29) is 6.04 Å². The van der Waals surface area contributed by atoms with Gasteiger partial charge in [0.25, 0.3) is 0 Å². The second-order valence-electron chi connectivity index (χ2n) is 5.46. The van der Waals surface area contributed by atoms with Crippen LogP contribution in [0.1, 0.15) is 24.9 Å². The van der Waals surface area contributed by atoms with Gasteiger partial charge in [-0.05, 0) is 38.1 Å². The first-order chi connectivity index (χ1) is 9.08. The van der Waals surface area contributed by atoms with E-state index in [0.717, 1.165) is 31.2 Å². The Labute approximate surface area is 120 Å². The van der Waals surface area contributed by atoms with Gasteiger partial charge in [-0.2, -0.15) is 0 Å². The molecular weight excluding hydrogens is 260 g/mol. The molecule has 0 aliphatic carbocycles. The average Bonchev–Trinajstić information content (AvgIpc) is 2.40. The molecule has 0 bridgehead atoms. The van der Waals surface area contributed by atoms with Crippen LogP contribution < -0.4 is 5.73 Å². The summed E-state index contributed by atoms with van der Waals surface area (Å²) in [5.74, 6) is 0.417. The van der Waals surface area contributed by atoms with Crippen LogP contribution in [0.3, 0.4) is 0 Å². The molecule has 0 aromatic heterocycles. The number of rotatable bonds is 4. The smallest absolute Gasteiger partial charge is 0.0521 e. The fourth-order valence-electron chi connectivity index (χ4n) is 2.55. The Balaban J connectivity index is 1.97. The van der Waals surface area contributed by atoms with Gasteiger partial charge in [0.1, 0.15) is 0 Å². The van der Waals surface area contributed by atoms with Crippen molar-refractivity contribution in [2.45, 2.75) is 25.4 Å². The lowest BCUT2D eigenvalue weighted by atomic mass is 9.95. The van der Waals surface area contributed by atoms with E-state index in [4.69, 9.17) is 22.1 Å². The van der Waals surface area contributed by atoms with Crippen LogP contribution in [0.2, 0.25) is 5.02 Å². The van der Waals surface area contributed by atoms with Crippen molar-refractivity contribution in [3.8, 4) is 0 Å². The molecule has 19 heavy (non-hydrogen) atoms. The maximum Gasteiger partial charge on any atom is 0.0521 e. The van der Waals surface area contributed by atoms with Gasteiger partial charge >= 0.3 is 0 Å². The number of ether oxygens (including phenoxy) is 1. The number of hydrogen-bond acceptors (Lipinski definition) is 3. The topological polar surface area (TPSA) is 38.5 Å². The quantitative estimate of drug-likeness (QED) is 0.923. The maximum absolute atomic E-state index is 6.16. The molecule has 1 aliphatic heterocycles. The SMILES string of the molecule is CC(c1cccc(Cl)c1)N(C)CC1COCCC1N. The highest BCUT2D eigenvalue weighted by atomic mass is 35.5. The van der Waals surface area contributed by atoms with Crippen LogP contribution in [-0.2, 0) is 4.74 Å². The van der Waals surface area contributed by atoms with Gasteiger partial charge in [0.15, 0.2) is 0 Å². The first kappa shape index (κ1) is 14.8. The van der Waals surface area contributed by atoms with Crippen molar-refractivity contribution >= 4 is 11.6 Å². The van der Waals surface area contributed by atoms with Crippen LogP contribution in [0.5, 0.6) is 0 Å². The van der Waals surface area contributed by atoms with Gasteiger partial charge in [-0.3, -0.25) is 4.90 Å². The van der Waals surface area contributed by atoms with E-state index < -0.39 is 0 Å². The summed E-state index contributed by atoms with van der Waals surface area (Å²) in [5.41, 5.74) is 7.40. The molecule has 2 rings (SSSR count). The number of nitrogens with zero attached hydrogens (tertiary/aromatic N) is 1. The summed E-state index contributed by atoms with van der Waals surface area (Å²) in [6.07, 6.45) is 0.962. The van der Waals surface area contributed by atoms with Gasteiger partial charge in [-0.1, -0.05) is 23.7 Å². The van der Waals surface area contributed by atoms with E-state index >= 15 is 0 Å². The van der Waals surface area contributed by atoms with Crippen molar-refractivity contribution in [3.05, 3.63) is 34.9 Å². The van der Waals surface area contributed by atoms with Gasteiger partial charge in [0, 0.05) is 36.2 Å². The standard InChI is InChI=1S/C15H23ClN2O/c1-11(12-4-3-5-14(16)8-12)18(2)9-13-10-19-7-6-15(13)17/h3-5,8,11,13,15H,6-7,9-10,17H2,1-2H3. The molecule has 3 atom stereocenters. The van der Waals surface area contributed by atoms with E-state index in [0.29, 0.717) is 12.0 Å². The summed E-state index contributed by atoms with van der Waals surface area (Å²) in [7, 11) is 2.13. The zero-order chi connectivity index (χ0) is 13.8. The number of hydrogen-bond donors (Lipinski definition) is 1. The average molecular weight is 283 g/mol.